The minimum atomic E-state index is -0.437. The van der Waals surface area contributed by atoms with E-state index in [4.69, 9.17) is 9.47 Å². The number of benzene rings is 1. The van der Waals surface area contributed by atoms with Crippen LogP contribution in [-0.4, -0.2) is 17.1 Å². The van der Waals surface area contributed by atoms with Gasteiger partial charge in [-0.15, -0.1) is 0 Å². The van der Waals surface area contributed by atoms with Crippen LogP contribution in [0.5, 0.6) is 17.4 Å². The Morgan fingerprint density at radius 1 is 1.17 bits per heavy atom. The molecule has 0 atom stereocenters. The van der Waals surface area contributed by atoms with Crippen LogP contribution in [0.1, 0.15) is 11.3 Å². The minimum Gasteiger partial charge on any atom is -0.490 e. The maximum Gasteiger partial charge on any atom is 0.266 e. The Balaban J connectivity index is 2.37. The molecule has 4 nitrogen and oxygen atoms in total. The van der Waals surface area contributed by atoms with Crippen molar-refractivity contribution >= 4 is 0 Å². The molecular weight excluding hydrogens is 235 g/mol. The predicted molar refractivity (Wildman–Crippen MR) is 64.5 cm³/mol. The van der Waals surface area contributed by atoms with E-state index in [1.54, 1.807) is 19.1 Å². The van der Waals surface area contributed by atoms with Gasteiger partial charge in [0, 0.05) is 0 Å². The molecule has 2 aromatic rings. The van der Waals surface area contributed by atoms with Crippen molar-refractivity contribution in [3.8, 4) is 17.4 Å². The molecule has 0 fully saturated rings. The Bertz CT molecular complexity index is 573. The molecular formula is C13H13FN2O2. The number of rotatable bonds is 3. The van der Waals surface area contributed by atoms with Gasteiger partial charge < -0.3 is 9.47 Å². The SMILES string of the molecule is COc1c(C)ncnc1Oc1ccc(C)cc1F. The van der Waals surface area contributed by atoms with E-state index in [9.17, 15) is 4.39 Å². The van der Waals surface area contributed by atoms with E-state index in [2.05, 4.69) is 9.97 Å². The topological polar surface area (TPSA) is 44.2 Å². The molecule has 1 aromatic heterocycles. The fourth-order valence-corrected chi connectivity index (χ4v) is 1.54. The van der Waals surface area contributed by atoms with Gasteiger partial charge in [0.25, 0.3) is 5.88 Å². The maximum atomic E-state index is 13.7. The largest absolute Gasteiger partial charge is 0.490 e. The number of nitrogens with zero attached hydrogens (tertiary/aromatic N) is 2. The molecule has 2 rings (SSSR count). The van der Waals surface area contributed by atoms with Gasteiger partial charge in [-0.2, -0.15) is 4.98 Å². The quantitative estimate of drug-likeness (QED) is 0.837. The van der Waals surface area contributed by atoms with Crippen LogP contribution in [0, 0.1) is 19.7 Å². The third kappa shape index (κ3) is 2.40. The Labute approximate surface area is 104 Å². The van der Waals surface area contributed by atoms with E-state index in [0.29, 0.717) is 11.4 Å². The zero-order valence-corrected chi connectivity index (χ0v) is 10.4. The summed E-state index contributed by atoms with van der Waals surface area (Å²) in [6.07, 6.45) is 1.35. The lowest BCUT2D eigenvalue weighted by Gasteiger charge is -2.10. The lowest BCUT2D eigenvalue weighted by atomic mass is 10.2. The second-order valence-electron chi connectivity index (χ2n) is 3.83. The highest BCUT2D eigenvalue weighted by atomic mass is 19.1. The van der Waals surface area contributed by atoms with Crippen LogP contribution in [0.3, 0.4) is 0 Å². The molecule has 0 N–H and O–H groups in total. The summed E-state index contributed by atoms with van der Waals surface area (Å²) < 4.78 is 24.2. The zero-order chi connectivity index (χ0) is 13.1. The lowest BCUT2D eigenvalue weighted by Crippen LogP contribution is -1.98. The summed E-state index contributed by atoms with van der Waals surface area (Å²) in [4.78, 5) is 7.92. The van der Waals surface area contributed by atoms with Crippen LogP contribution in [0.4, 0.5) is 4.39 Å². The van der Waals surface area contributed by atoms with Gasteiger partial charge in [-0.1, -0.05) is 6.07 Å². The van der Waals surface area contributed by atoms with Crippen molar-refractivity contribution in [3.63, 3.8) is 0 Å². The summed E-state index contributed by atoms with van der Waals surface area (Å²) in [5, 5.41) is 0. The summed E-state index contributed by atoms with van der Waals surface area (Å²) >= 11 is 0. The summed E-state index contributed by atoms with van der Waals surface area (Å²) in [6, 6.07) is 4.72. The molecule has 0 bridgehead atoms. The molecule has 0 radical (unpaired) electrons. The summed E-state index contributed by atoms with van der Waals surface area (Å²) in [5.41, 5.74) is 1.46. The fourth-order valence-electron chi connectivity index (χ4n) is 1.54. The first-order chi connectivity index (χ1) is 8.61. The van der Waals surface area contributed by atoms with E-state index in [0.717, 1.165) is 5.56 Å². The van der Waals surface area contributed by atoms with Gasteiger partial charge >= 0.3 is 0 Å². The number of aryl methyl sites for hydroxylation is 2. The zero-order valence-electron chi connectivity index (χ0n) is 10.4. The number of ether oxygens (including phenoxy) is 2. The van der Waals surface area contributed by atoms with Crippen molar-refractivity contribution < 1.29 is 13.9 Å². The number of halogens is 1. The lowest BCUT2D eigenvalue weighted by molar-refractivity contribution is 0.356. The maximum absolute atomic E-state index is 13.7. The molecule has 0 unspecified atom stereocenters. The van der Waals surface area contributed by atoms with Crippen molar-refractivity contribution in [1.82, 2.24) is 9.97 Å². The number of aromatic nitrogens is 2. The van der Waals surface area contributed by atoms with Crippen LogP contribution < -0.4 is 9.47 Å². The van der Waals surface area contributed by atoms with Crippen LogP contribution in [0.15, 0.2) is 24.5 Å². The highest BCUT2D eigenvalue weighted by Crippen LogP contribution is 2.31. The first-order valence-electron chi connectivity index (χ1n) is 5.41. The average molecular weight is 248 g/mol. The van der Waals surface area contributed by atoms with E-state index >= 15 is 0 Å². The number of hydrogen-bond donors (Lipinski definition) is 0. The first-order valence-corrected chi connectivity index (χ1v) is 5.41. The Morgan fingerprint density at radius 2 is 1.94 bits per heavy atom. The smallest absolute Gasteiger partial charge is 0.266 e. The molecule has 0 saturated carbocycles. The van der Waals surface area contributed by atoms with Gasteiger partial charge in [-0.3, -0.25) is 0 Å². The molecule has 18 heavy (non-hydrogen) atoms. The average Bonchev–Trinajstić information content (AvgIpc) is 2.33. The molecule has 0 spiro atoms. The molecule has 0 aliphatic carbocycles. The van der Waals surface area contributed by atoms with Gasteiger partial charge in [0.2, 0.25) is 5.75 Å². The van der Waals surface area contributed by atoms with Gasteiger partial charge in [0.05, 0.1) is 12.8 Å². The monoisotopic (exact) mass is 248 g/mol. The van der Waals surface area contributed by atoms with Gasteiger partial charge in [0.15, 0.2) is 11.6 Å². The van der Waals surface area contributed by atoms with Crippen LogP contribution >= 0.6 is 0 Å². The Morgan fingerprint density at radius 3 is 2.61 bits per heavy atom. The highest BCUT2D eigenvalue weighted by Gasteiger charge is 2.13. The molecule has 0 aliphatic rings. The second kappa shape index (κ2) is 5.00. The molecule has 0 saturated heterocycles. The molecule has 5 heteroatoms. The predicted octanol–water partition coefficient (Wildman–Crippen LogP) is 3.03. The van der Waals surface area contributed by atoms with Crippen molar-refractivity contribution in [2.24, 2.45) is 0 Å². The van der Waals surface area contributed by atoms with Crippen molar-refractivity contribution in [1.29, 1.82) is 0 Å². The van der Waals surface area contributed by atoms with Crippen molar-refractivity contribution in [2.45, 2.75) is 13.8 Å². The third-order valence-electron chi connectivity index (χ3n) is 2.45. The Kier molecular flexibility index (Phi) is 3.41. The number of methoxy groups -OCH3 is 1. The van der Waals surface area contributed by atoms with E-state index in [-0.39, 0.29) is 11.6 Å². The van der Waals surface area contributed by atoms with E-state index < -0.39 is 5.82 Å². The van der Waals surface area contributed by atoms with Gasteiger partial charge in [-0.05, 0) is 31.5 Å². The summed E-state index contributed by atoms with van der Waals surface area (Å²) in [6.45, 7) is 3.57. The van der Waals surface area contributed by atoms with Crippen molar-refractivity contribution in [3.05, 3.63) is 41.6 Å². The van der Waals surface area contributed by atoms with Crippen LogP contribution in [-0.2, 0) is 0 Å². The highest BCUT2D eigenvalue weighted by molar-refractivity contribution is 5.40. The third-order valence-corrected chi connectivity index (χ3v) is 2.45. The minimum absolute atomic E-state index is 0.108. The molecule has 94 valence electrons. The molecule has 0 amide bonds. The van der Waals surface area contributed by atoms with E-state index in [1.807, 2.05) is 6.92 Å². The van der Waals surface area contributed by atoms with Crippen LogP contribution in [0.25, 0.3) is 0 Å². The van der Waals surface area contributed by atoms with Gasteiger partial charge in [0.1, 0.15) is 6.33 Å². The number of hydrogen-bond acceptors (Lipinski definition) is 4. The van der Waals surface area contributed by atoms with Crippen molar-refractivity contribution in [2.75, 3.05) is 7.11 Å². The van der Waals surface area contributed by atoms with Crippen LogP contribution in [0.2, 0.25) is 0 Å². The second-order valence-corrected chi connectivity index (χ2v) is 3.83. The molecule has 0 aliphatic heterocycles. The van der Waals surface area contributed by atoms with Gasteiger partial charge in [-0.25, -0.2) is 9.37 Å². The normalized spacial score (nSPS) is 10.2. The first kappa shape index (κ1) is 12.3. The molecule has 1 heterocycles. The Hall–Kier alpha value is -2.17. The fraction of sp³-hybridized carbons (Fsp3) is 0.231. The summed E-state index contributed by atoms with van der Waals surface area (Å²) in [7, 11) is 1.49. The standard InChI is InChI=1S/C13H13FN2O2/c1-8-4-5-11(10(14)6-8)18-13-12(17-3)9(2)15-7-16-13/h4-7H,1-3H3. The molecule has 1 aromatic carbocycles. The van der Waals surface area contributed by atoms with E-state index in [1.165, 1.54) is 19.5 Å². The summed E-state index contributed by atoms with van der Waals surface area (Å²) in [5.74, 6) is 0.274.